The minimum absolute atomic E-state index is 0.0241. The van der Waals surface area contributed by atoms with E-state index in [9.17, 15) is 9.59 Å². The Hall–Kier alpha value is -1.85. The van der Waals surface area contributed by atoms with Crippen LogP contribution < -0.4 is 16.2 Å². The van der Waals surface area contributed by atoms with Crippen LogP contribution in [0.15, 0.2) is 17.2 Å². The van der Waals surface area contributed by atoms with E-state index in [0.29, 0.717) is 13.0 Å². The number of rotatable bonds is 6. The first kappa shape index (κ1) is 17.2. The van der Waals surface area contributed by atoms with Gasteiger partial charge >= 0.3 is 0 Å². The Balaban J connectivity index is 2.61. The molecule has 1 heterocycles. The van der Waals surface area contributed by atoms with E-state index < -0.39 is 0 Å². The first-order valence-corrected chi connectivity index (χ1v) is 7.37. The van der Waals surface area contributed by atoms with Crippen LogP contribution in [0, 0.1) is 0 Å². The first-order valence-electron chi connectivity index (χ1n) is 7.37. The van der Waals surface area contributed by atoms with Crippen LogP contribution in [0.5, 0.6) is 0 Å². The molecule has 1 atom stereocenters. The molecule has 0 saturated carbocycles. The number of amides is 1. The van der Waals surface area contributed by atoms with Crippen molar-refractivity contribution >= 4 is 11.7 Å². The Labute approximate surface area is 126 Å². The third kappa shape index (κ3) is 5.21. The summed E-state index contributed by atoms with van der Waals surface area (Å²) in [6.07, 6.45) is 4.48. The summed E-state index contributed by atoms with van der Waals surface area (Å²) >= 11 is 0. The highest BCUT2D eigenvalue weighted by Crippen LogP contribution is 2.10. The molecule has 6 nitrogen and oxygen atoms in total. The van der Waals surface area contributed by atoms with Crippen molar-refractivity contribution in [2.75, 3.05) is 11.9 Å². The average Bonchev–Trinajstić information content (AvgIpc) is 2.39. The molecule has 0 aliphatic carbocycles. The lowest BCUT2D eigenvalue weighted by atomic mass is 10.1. The summed E-state index contributed by atoms with van der Waals surface area (Å²) in [6.45, 7) is 10.2. The van der Waals surface area contributed by atoms with Crippen LogP contribution in [0.3, 0.4) is 0 Å². The van der Waals surface area contributed by atoms with Gasteiger partial charge in [-0.1, -0.05) is 6.92 Å². The van der Waals surface area contributed by atoms with Crippen LogP contribution in [-0.2, 0) is 10.3 Å². The average molecular weight is 294 g/mol. The predicted octanol–water partition coefficient (Wildman–Crippen LogP) is 1.71. The lowest BCUT2D eigenvalue weighted by molar-refractivity contribution is -0.121. The second-order valence-corrected chi connectivity index (χ2v) is 6.18. The topological polar surface area (TPSA) is 76.0 Å². The van der Waals surface area contributed by atoms with Gasteiger partial charge in [0.25, 0.3) is 5.56 Å². The van der Waals surface area contributed by atoms with Gasteiger partial charge in [-0.25, -0.2) is 4.98 Å². The summed E-state index contributed by atoms with van der Waals surface area (Å²) in [5.41, 5.74) is -0.475. The number of nitrogens with zero attached hydrogens (tertiary/aromatic N) is 2. The largest absolute Gasteiger partial charge is 0.365 e. The van der Waals surface area contributed by atoms with Gasteiger partial charge in [0.1, 0.15) is 0 Å². The number of carbonyl (C=O) groups is 1. The fourth-order valence-electron chi connectivity index (χ4n) is 1.80. The van der Waals surface area contributed by atoms with E-state index in [0.717, 1.165) is 6.42 Å². The van der Waals surface area contributed by atoms with Crippen molar-refractivity contribution in [3.63, 3.8) is 0 Å². The first-order chi connectivity index (χ1) is 9.75. The van der Waals surface area contributed by atoms with Crippen LogP contribution >= 0.6 is 0 Å². The molecule has 6 heteroatoms. The molecule has 0 radical (unpaired) electrons. The third-order valence-electron chi connectivity index (χ3n) is 3.23. The summed E-state index contributed by atoms with van der Waals surface area (Å²) in [5, 5.41) is 5.83. The van der Waals surface area contributed by atoms with Crippen LogP contribution in [-0.4, -0.2) is 28.0 Å². The van der Waals surface area contributed by atoms with E-state index in [1.807, 2.05) is 34.6 Å². The molecule has 0 aliphatic rings. The highest BCUT2D eigenvalue weighted by Gasteiger charge is 2.16. The molecular weight excluding hydrogens is 268 g/mol. The summed E-state index contributed by atoms with van der Waals surface area (Å²) in [7, 11) is 0. The molecule has 1 aromatic heterocycles. The van der Waals surface area contributed by atoms with Crippen LogP contribution in [0.1, 0.15) is 47.5 Å². The lowest BCUT2D eigenvalue weighted by Crippen LogP contribution is -2.36. The second kappa shape index (κ2) is 7.24. The van der Waals surface area contributed by atoms with Crippen LogP contribution in [0.2, 0.25) is 0 Å². The Morgan fingerprint density at radius 1 is 1.43 bits per heavy atom. The number of hydrogen-bond acceptors (Lipinski definition) is 4. The highest BCUT2D eigenvalue weighted by molar-refractivity contribution is 5.76. The van der Waals surface area contributed by atoms with Gasteiger partial charge in [0.15, 0.2) is 5.82 Å². The van der Waals surface area contributed by atoms with Gasteiger partial charge in [-0.2, -0.15) is 0 Å². The zero-order valence-electron chi connectivity index (χ0n) is 13.6. The Morgan fingerprint density at radius 2 is 2.10 bits per heavy atom. The molecule has 0 saturated heterocycles. The Morgan fingerprint density at radius 3 is 2.67 bits per heavy atom. The molecule has 0 aromatic carbocycles. The van der Waals surface area contributed by atoms with Gasteiger partial charge in [0.05, 0.1) is 0 Å². The zero-order valence-corrected chi connectivity index (χ0v) is 13.6. The van der Waals surface area contributed by atoms with Crippen LogP contribution in [0.4, 0.5) is 5.82 Å². The SMILES string of the molecule is CCC(C)NC(=O)CCNc1nccn(C(C)(C)C)c1=O. The molecular formula is C15H26N4O2. The van der Waals surface area contributed by atoms with Gasteiger partial charge in [-0.3, -0.25) is 9.59 Å². The maximum atomic E-state index is 12.3. The number of nitrogens with one attached hydrogen (secondary N) is 2. The third-order valence-corrected chi connectivity index (χ3v) is 3.23. The quantitative estimate of drug-likeness (QED) is 0.837. The van der Waals surface area contributed by atoms with E-state index in [1.165, 1.54) is 0 Å². The molecule has 118 valence electrons. The maximum Gasteiger partial charge on any atom is 0.293 e. The van der Waals surface area contributed by atoms with Gasteiger partial charge in [0.2, 0.25) is 5.91 Å². The minimum Gasteiger partial charge on any atom is -0.365 e. The summed E-state index contributed by atoms with van der Waals surface area (Å²) in [4.78, 5) is 28.0. The molecule has 1 amide bonds. The number of hydrogen-bond donors (Lipinski definition) is 2. The molecule has 2 N–H and O–H groups in total. The summed E-state index contributed by atoms with van der Waals surface area (Å²) < 4.78 is 1.63. The molecule has 1 aromatic rings. The summed E-state index contributed by atoms with van der Waals surface area (Å²) in [5.74, 6) is 0.257. The lowest BCUT2D eigenvalue weighted by Gasteiger charge is -2.22. The van der Waals surface area contributed by atoms with Crippen LogP contribution in [0.25, 0.3) is 0 Å². The maximum absolute atomic E-state index is 12.3. The number of aromatic nitrogens is 2. The predicted molar refractivity (Wildman–Crippen MR) is 84.5 cm³/mol. The fraction of sp³-hybridized carbons (Fsp3) is 0.667. The van der Waals surface area contributed by atoms with E-state index in [2.05, 4.69) is 15.6 Å². The highest BCUT2D eigenvalue weighted by atomic mass is 16.1. The van der Waals surface area contributed by atoms with Crippen molar-refractivity contribution in [3.8, 4) is 0 Å². The summed E-state index contributed by atoms with van der Waals surface area (Å²) in [6, 6.07) is 0.172. The number of anilines is 1. The zero-order chi connectivity index (χ0) is 16.0. The van der Waals surface area contributed by atoms with Gasteiger partial charge in [0, 0.05) is 36.9 Å². The van der Waals surface area contributed by atoms with Crippen molar-refractivity contribution in [2.24, 2.45) is 0 Å². The minimum atomic E-state index is -0.301. The van der Waals surface area contributed by atoms with E-state index in [1.54, 1.807) is 17.0 Å². The fourth-order valence-corrected chi connectivity index (χ4v) is 1.80. The van der Waals surface area contributed by atoms with Gasteiger partial charge in [-0.15, -0.1) is 0 Å². The van der Waals surface area contributed by atoms with Crippen molar-refractivity contribution in [1.82, 2.24) is 14.9 Å². The second-order valence-electron chi connectivity index (χ2n) is 6.18. The Bertz CT molecular complexity index is 531. The van der Waals surface area contributed by atoms with Crippen molar-refractivity contribution < 1.29 is 4.79 Å². The molecule has 0 fully saturated rings. The molecule has 0 bridgehead atoms. The van der Waals surface area contributed by atoms with E-state index >= 15 is 0 Å². The van der Waals surface area contributed by atoms with Crippen molar-refractivity contribution in [3.05, 3.63) is 22.7 Å². The smallest absolute Gasteiger partial charge is 0.293 e. The van der Waals surface area contributed by atoms with Crippen molar-refractivity contribution in [2.45, 2.75) is 59.0 Å². The number of carbonyl (C=O) groups excluding carboxylic acids is 1. The molecule has 0 spiro atoms. The van der Waals surface area contributed by atoms with Crippen molar-refractivity contribution in [1.29, 1.82) is 0 Å². The van der Waals surface area contributed by atoms with Gasteiger partial charge in [-0.05, 0) is 34.1 Å². The molecule has 1 unspecified atom stereocenters. The van der Waals surface area contributed by atoms with E-state index in [-0.39, 0.29) is 28.9 Å². The molecule has 21 heavy (non-hydrogen) atoms. The van der Waals surface area contributed by atoms with Gasteiger partial charge < -0.3 is 15.2 Å². The molecule has 0 aliphatic heterocycles. The molecule has 1 rings (SSSR count). The van der Waals surface area contributed by atoms with E-state index in [4.69, 9.17) is 0 Å². The monoisotopic (exact) mass is 294 g/mol. The normalized spacial score (nSPS) is 12.8. The standard InChI is InChI=1S/C15H26N4O2/c1-6-11(2)18-12(20)7-8-16-13-14(21)19(10-9-17-13)15(3,4)5/h9-11H,6-8H2,1-5H3,(H,16,17)(H,18,20). The Kier molecular flexibility index (Phi) is 5.93.